The molecule has 2 N–H and O–H groups in total. The Morgan fingerprint density at radius 1 is 1.05 bits per heavy atom. The van der Waals surface area contributed by atoms with Crippen LogP contribution in [0.5, 0.6) is 0 Å². The van der Waals surface area contributed by atoms with Gasteiger partial charge in [-0.15, -0.1) is 12.4 Å². The average Bonchev–Trinajstić information content (AvgIpc) is 2.52. The van der Waals surface area contributed by atoms with Crippen LogP contribution in [0.2, 0.25) is 0 Å². The molecule has 0 saturated carbocycles. The molecule has 1 unspecified atom stereocenters. The molecule has 0 radical (unpaired) electrons. The van der Waals surface area contributed by atoms with Crippen LogP contribution in [-0.2, 0) is 9.59 Å². The van der Waals surface area contributed by atoms with Gasteiger partial charge in [0.25, 0.3) is 0 Å². The minimum Gasteiger partial charge on any atom is -0.338 e. The molecule has 0 aromatic rings. The fourth-order valence-electron chi connectivity index (χ4n) is 2.58. The Morgan fingerprint density at radius 2 is 1.55 bits per heavy atom. The molecule has 0 spiro atoms. The van der Waals surface area contributed by atoms with E-state index >= 15 is 0 Å². The number of amides is 2. The van der Waals surface area contributed by atoms with Gasteiger partial charge in [0.2, 0.25) is 11.8 Å². The molecular weight excluding hydrogens is 304 g/mol. The van der Waals surface area contributed by atoms with E-state index in [1.807, 2.05) is 11.8 Å². The summed E-state index contributed by atoms with van der Waals surface area (Å²) in [5, 5.41) is 0. The van der Waals surface area contributed by atoms with Crippen LogP contribution in [0, 0.1) is 0 Å². The van der Waals surface area contributed by atoms with E-state index in [0.717, 1.165) is 25.9 Å². The van der Waals surface area contributed by atoms with E-state index in [0.29, 0.717) is 32.7 Å². The van der Waals surface area contributed by atoms with E-state index in [1.165, 1.54) is 0 Å². The second-order valence-electron chi connectivity index (χ2n) is 5.56. The minimum atomic E-state index is -0.395. The van der Waals surface area contributed by atoms with Gasteiger partial charge in [-0.1, -0.05) is 27.2 Å². The number of carbonyl (C=O) groups excluding carboxylic acids is 2. The van der Waals surface area contributed by atoms with Gasteiger partial charge in [0.05, 0.1) is 12.6 Å². The van der Waals surface area contributed by atoms with Crippen LogP contribution < -0.4 is 5.73 Å². The van der Waals surface area contributed by atoms with E-state index in [-0.39, 0.29) is 24.2 Å². The zero-order valence-electron chi connectivity index (χ0n) is 14.1. The summed E-state index contributed by atoms with van der Waals surface area (Å²) in [5.74, 6) is 0.177. The summed E-state index contributed by atoms with van der Waals surface area (Å²) in [7, 11) is 0. The molecule has 6 nitrogen and oxygen atoms in total. The summed E-state index contributed by atoms with van der Waals surface area (Å²) in [6, 6.07) is -0.395. The largest absolute Gasteiger partial charge is 0.338 e. The van der Waals surface area contributed by atoms with Crippen molar-refractivity contribution in [1.29, 1.82) is 0 Å². The van der Waals surface area contributed by atoms with Crippen molar-refractivity contribution in [3.63, 3.8) is 0 Å². The first-order chi connectivity index (χ1) is 10.0. The number of rotatable bonds is 7. The molecular formula is C15H31ClN4O2. The normalized spacial score (nSPS) is 16.4. The zero-order chi connectivity index (χ0) is 15.8. The first-order valence-electron chi connectivity index (χ1n) is 8.07. The van der Waals surface area contributed by atoms with E-state index in [4.69, 9.17) is 5.73 Å². The van der Waals surface area contributed by atoms with E-state index < -0.39 is 6.04 Å². The second kappa shape index (κ2) is 10.8. The zero-order valence-corrected chi connectivity index (χ0v) is 14.9. The first-order valence-corrected chi connectivity index (χ1v) is 8.07. The summed E-state index contributed by atoms with van der Waals surface area (Å²) < 4.78 is 0. The lowest BCUT2D eigenvalue weighted by Gasteiger charge is -2.36. The molecule has 2 amide bonds. The standard InChI is InChI=1S/C15H30N4O2.ClH/c1-4-7-13(16)15(21)19-10-8-18(9-11-19)14(20)12-17(5-2)6-3;/h13H,4-12,16H2,1-3H3;1H. The summed E-state index contributed by atoms with van der Waals surface area (Å²) >= 11 is 0. The summed E-state index contributed by atoms with van der Waals surface area (Å²) in [6.07, 6.45) is 1.63. The van der Waals surface area contributed by atoms with Crippen molar-refractivity contribution >= 4 is 24.2 Å². The quantitative estimate of drug-likeness (QED) is 0.738. The molecule has 0 aromatic heterocycles. The van der Waals surface area contributed by atoms with Crippen molar-refractivity contribution in [2.75, 3.05) is 45.8 Å². The topological polar surface area (TPSA) is 69.9 Å². The van der Waals surface area contributed by atoms with Gasteiger partial charge >= 0.3 is 0 Å². The Morgan fingerprint density at radius 3 is 2.00 bits per heavy atom. The lowest BCUT2D eigenvalue weighted by molar-refractivity contribution is -0.141. The fourth-order valence-corrected chi connectivity index (χ4v) is 2.58. The lowest BCUT2D eigenvalue weighted by Crippen LogP contribution is -2.55. The van der Waals surface area contributed by atoms with Gasteiger partial charge in [-0.3, -0.25) is 14.5 Å². The summed E-state index contributed by atoms with van der Waals surface area (Å²) in [6.45, 7) is 10.8. The van der Waals surface area contributed by atoms with Gasteiger partial charge in [-0.05, 0) is 19.5 Å². The lowest BCUT2D eigenvalue weighted by atomic mass is 10.1. The molecule has 1 heterocycles. The first kappa shape index (κ1) is 21.1. The Balaban J connectivity index is 0.00000441. The molecule has 0 aliphatic carbocycles. The number of piperazine rings is 1. The summed E-state index contributed by atoms with van der Waals surface area (Å²) in [5.41, 5.74) is 5.88. The maximum Gasteiger partial charge on any atom is 0.239 e. The van der Waals surface area contributed by atoms with Crippen molar-refractivity contribution in [2.45, 2.75) is 39.7 Å². The van der Waals surface area contributed by atoms with Crippen molar-refractivity contribution in [1.82, 2.24) is 14.7 Å². The monoisotopic (exact) mass is 334 g/mol. The average molecular weight is 335 g/mol. The number of likely N-dealkylation sites (N-methyl/N-ethyl adjacent to an activating group) is 1. The molecule has 1 fully saturated rings. The number of nitrogens with two attached hydrogens (primary N) is 1. The molecule has 1 saturated heterocycles. The van der Waals surface area contributed by atoms with E-state index in [9.17, 15) is 9.59 Å². The predicted octanol–water partition coefficient (Wildman–Crippen LogP) is 0.548. The van der Waals surface area contributed by atoms with Crippen molar-refractivity contribution in [3.05, 3.63) is 0 Å². The fraction of sp³-hybridized carbons (Fsp3) is 0.867. The number of halogens is 1. The van der Waals surface area contributed by atoms with Crippen LogP contribution in [0.15, 0.2) is 0 Å². The van der Waals surface area contributed by atoms with Crippen LogP contribution >= 0.6 is 12.4 Å². The van der Waals surface area contributed by atoms with Crippen molar-refractivity contribution in [2.24, 2.45) is 5.73 Å². The van der Waals surface area contributed by atoms with E-state index in [2.05, 4.69) is 18.7 Å². The molecule has 1 aliphatic heterocycles. The molecule has 1 atom stereocenters. The highest BCUT2D eigenvalue weighted by Gasteiger charge is 2.27. The van der Waals surface area contributed by atoms with Crippen LogP contribution in [-0.4, -0.2) is 78.4 Å². The third-order valence-electron chi connectivity index (χ3n) is 4.11. The van der Waals surface area contributed by atoms with Gasteiger partial charge < -0.3 is 15.5 Å². The molecule has 1 aliphatic rings. The van der Waals surface area contributed by atoms with Gasteiger partial charge in [0, 0.05) is 26.2 Å². The third-order valence-corrected chi connectivity index (χ3v) is 4.11. The van der Waals surface area contributed by atoms with Crippen LogP contribution in [0.1, 0.15) is 33.6 Å². The molecule has 0 aromatic carbocycles. The van der Waals surface area contributed by atoms with Gasteiger partial charge in [0.15, 0.2) is 0 Å². The molecule has 1 rings (SSSR count). The minimum absolute atomic E-state index is 0. The molecule has 130 valence electrons. The summed E-state index contributed by atoms with van der Waals surface area (Å²) in [4.78, 5) is 30.1. The predicted molar refractivity (Wildman–Crippen MR) is 91.1 cm³/mol. The maximum atomic E-state index is 12.2. The highest BCUT2D eigenvalue weighted by atomic mass is 35.5. The number of nitrogens with zero attached hydrogens (tertiary/aromatic N) is 3. The molecule has 0 bridgehead atoms. The Labute approximate surface area is 140 Å². The number of hydrogen-bond donors (Lipinski definition) is 1. The molecule has 22 heavy (non-hydrogen) atoms. The Bertz CT molecular complexity index is 342. The third kappa shape index (κ3) is 6.10. The van der Waals surface area contributed by atoms with Gasteiger partial charge in [0.1, 0.15) is 0 Å². The van der Waals surface area contributed by atoms with Crippen molar-refractivity contribution < 1.29 is 9.59 Å². The second-order valence-corrected chi connectivity index (χ2v) is 5.56. The van der Waals surface area contributed by atoms with Crippen molar-refractivity contribution in [3.8, 4) is 0 Å². The highest BCUT2D eigenvalue weighted by Crippen LogP contribution is 2.07. The number of carbonyl (C=O) groups is 2. The van der Waals surface area contributed by atoms with Gasteiger partial charge in [-0.25, -0.2) is 0 Å². The Hall–Kier alpha value is -0.850. The maximum absolute atomic E-state index is 12.2. The molecule has 7 heteroatoms. The smallest absolute Gasteiger partial charge is 0.239 e. The Kier molecular flexibility index (Phi) is 10.4. The van der Waals surface area contributed by atoms with Gasteiger partial charge in [-0.2, -0.15) is 0 Å². The van der Waals surface area contributed by atoms with Crippen LogP contribution in [0.3, 0.4) is 0 Å². The van der Waals surface area contributed by atoms with Crippen LogP contribution in [0.4, 0.5) is 0 Å². The van der Waals surface area contributed by atoms with E-state index in [1.54, 1.807) is 4.90 Å². The van der Waals surface area contributed by atoms with Crippen LogP contribution in [0.25, 0.3) is 0 Å². The number of hydrogen-bond acceptors (Lipinski definition) is 4. The highest BCUT2D eigenvalue weighted by molar-refractivity contribution is 5.85. The SMILES string of the molecule is CCCC(N)C(=O)N1CCN(C(=O)CN(CC)CC)CC1.Cl.